The number of hydrogen-bond donors (Lipinski definition) is 2. The Hall–Kier alpha value is -1.13. The van der Waals surface area contributed by atoms with Crippen molar-refractivity contribution in [1.82, 2.24) is 5.32 Å². The van der Waals surface area contributed by atoms with E-state index in [4.69, 9.17) is 9.84 Å². The van der Waals surface area contributed by atoms with E-state index in [9.17, 15) is 4.39 Å². The molecule has 1 aliphatic rings. The standard InChI is InChI=1S/C14H20FNO2/c1-14(2)12(7-13(14)18-3)16-8-9-4-5-11(17)10(15)6-9/h4-6,12-13,16-17H,7-8H2,1-3H3. The number of nitrogens with one attached hydrogen (secondary N) is 1. The summed E-state index contributed by atoms with van der Waals surface area (Å²) >= 11 is 0. The number of halogens is 1. The van der Waals surface area contributed by atoms with Crippen LogP contribution in [0.1, 0.15) is 25.8 Å². The van der Waals surface area contributed by atoms with Crippen molar-refractivity contribution in [3.63, 3.8) is 0 Å². The minimum absolute atomic E-state index is 0.101. The lowest BCUT2D eigenvalue weighted by atomic mass is 9.64. The quantitative estimate of drug-likeness (QED) is 0.866. The number of hydrogen-bond acceptors (Lipinski definition) is 3. The van der Waals surface area contributed by atoms with Crippen molar-refractivity contribution < 1.29 is 14.2 Å². The molecule has 2 N–H and O–H groups in total. The summed E-state index contributed by atoms with van der Waals surface area (Å²) in [7, 11) is 1.73. The Kier molecular flexibility index (Phi) is 3.59. The minimum atomic E-state index is -0.572. The highest BCUT2D eigenvalue weighted by molar-refractivity contribution is 5.28. The lowest BCUT2D eigenvalue weighted by molar-refractivity contribution is -0.0979. The fraction of sp³-hybridized carbons (Fsp3) is 0.571. The Morgan fingerprint density at radius 1 is 1.50 bits per heavy atom. The van der Waals surface area contributed by atoms with Crippen LogP contribution in [0.25, 0.3) is 0 Å². The maximum Gasteiger partial charge on any atom is 0.165 e. The Balaban J connectivity index is 1.91. The van der Waals surface area contributed by atoms with Crippen LogP contribution in [0.5, 0.6) is 5.75 Å². The Bertz CT molecular complexity index is 434. The van der Waals surface area contributed by atoms with E-state index in [1.165, 1.54) is 12.1 Å². The summed E-state index contributed by atoms with van der Waals surface area (Å²) in [6.45, 7) is 4.93. The zero-order valence-corrected chi connectivity index (χ0v) is 11.0. The molecule has 2 unspecified atom stereocenters. The summed E-state index contributed by atoms with van der Waals surface area (Å²) < 4.78 is 18.6. The van der Waals surface area contributed by atoms with Gasteiger partial charge in [0, 0.05) is 25.1 Å². The monoisotopic (exact) mass is 253 g/mol. The second-order valence-corrected chi connectivity index (χ2v) is 5.50. The molecular formula is C14H20FNO2. The fourth-order valence-corrected chi connectivity index (χ4v) is 2.53. The summed E-state index contributed by atoms with van der Waals surface area (Å²) in [6.07, 6.45) is 1.26. The Morgan fingerprint density at radius 2 is 2.22 bits per heavy atom. The van der Waals surface area contributed by atoms with Gasteiger partial charge in [-0.2, -0.15) is 0 Å². The second kappa shape index (κ2) is 4.86. The molecule has 4 heteroatoms. The van der Waals surface area contributed by atoms with E-state index in [1.54, 1.807) is 13.2 Å². The molecule has 3 nitrogen and oxygen atoms in total. The summed E-state index contributed by atoms with van der Waals surface area (Å²) in [4.78, 5) is 0. The largest absolute Gasteiger partial charge is 0.505 e. The van der Waals surface area contributed by atoms with E-state index in [0.717, 1.165) is 12.0 Å². The molecule has 2 rings (SSSR count). The summed E-state index contributed by atoms with van der Waals surface area (Å²) in [6, 6.07) is 4.85. The van der Waals surface area contributed by atoms with Crippen LogP contribution in [0.2, 0.25) is 0 Å². The first-order valence-electron chi connectivity index (χ1n) is 6.18. The van der Waals surface area contributed by atoms with Crippen molar-refractivity contribution in [2.24, 2.45) is 5.41 Å². The van der Waals surface area contributed by atoms with Crippen LogP contribution in [-0.4, -0.2) is 24.4 Å². The van der Waals surface area contributed by atoms with Crippen LogP contribution in [-0.2, 0) is 11.3 Å². The highest BCUT2D eigenvalue weighted by atomic mass is 19.1. The molecule has 1 saturated carbocycles. The average Bonchev–Trinajstić information content (AvgIpc) is 2.32. The number of phenolic OH excluding ortho intramolecular Hbond substituents is 1. The van der Waals surface area contributed by atoms with Crippen LogP contribution in [0.4, 0.5) is 4.39 Å². The van der Waals surface area contributed by atoms with Gasteiger partial charge in [0.05, 0.1) is 6.10 Å². The summed E-state index contributed by atoms with van der Waals surface area (Å²) in [5.41, 5.74) is 0.937. The zero-order chi connectivity index (χ0) is 13.3. The van der Waals surface area contributed by atoms with Gasteiger partial charge in [-0.05, 0) is 24.1 Å². The number of phenols is 1. The van der Waals surface area contributed by atoms with E-state index >= 15 is 0 Å². The van der Waals surface area contributed by atoms with Gasteiger partial charge >= 0.3 is 0 Å². The van der Waals surface area contributed by atoms with Crippen molar-refractivity contribution in [1.29, 1.82) is 0 Å². The third-order valence-electron chi connectivity index (χ3n) is 4.03. The lowest BCUT2D eigenvalue weighted by Crippen LogP contribution is -2.60. The number of ether oxygens (including phenoxy) is 1. The maximum absolute atomic E-state index is 13.2. The van der Waals surface area contributed by atoms with Gasteiger partial charge < -0.3 is 15.2 Å². The van der Waals surface area contributed by atoms with Crippen molar-refractivity contribution >= 4 is 0 Å². The van der Waals surface area contributed by atoms with Crippen molar-refractivity contribution in [2.45, 2.75) is 39.0 Å². The van der Waals surface area contributed by atoms with Gasteiger partial charge in [-0.15, -0.1) is 0 Å². The summed E-state index contributed by atoms with van der Waals surface area (Å²) in [5, 5.41) is 12.5. The van der Waals surface area contributed by atoms with Crippen molar-refractivity contribution in [2.75, 3.05) is 7.11 Å². The van der Waals surface area contributed by atoms with Crippen molar-refractivity contribution in [3.05, 3.63) is 29.6 Å². The molecule has 0 saturated heterocycles. The minimum Gasteiger partial charge on any atom is -0.505 e. The van der Waals surface area contributed by atoms with Gasteiger partial charge in [0.15, 0.2) is 11.6 Å². The molecule has 0 aliphatic heterocycles. The van der Waals surface area contributed by atoms with E-state index in [0.29, 0.717) is 12.6 Å². The van der Waals surface area contributed by atoms with Gasteiger partial charge in [-0.25, -0.2) is 4.39 Å². The van der Waals surface area contributed by atoms with Gasteiger partial charge in [-0.3, -0.25) is 0 Å². The topological polar surface area (TPSA) is 41.5 Å². The predicted molar refractivity (Wildman–Crippen MR) is 67.9 cm³/mol. The lowest BCUT2D eigenvalue weighted by Gasteiger charge is -2.51. The van der Waals surface area contributed by atoms with E-state index in [2.05, 4.69) is 19.2 Å². The first-order valence-corrected chi connectivity index (χ1v) is 6.18. The average molecular weight is 253 g/mol. The molecule has 0 bridgehead atoms. The first kappa shape index (κ1) is 13.3. The number of rotatable bonds is 4. The fourth-order valence-electron chi connectivity index (χ4n) is 2.53. The molecule has 1 fully saturated rings. The highest BCUT2D eigenvalue weighted by Crippen LogP contribution is 2.42. The van der Waals surface area contributed by atoms with Crippen LogP contribution < -0.4 is 5.32 Å². The number of aromatic hydroxyl groups is 1. The molecule has 100 valence electrons. The maximum atomic E-state index is 13.2. The van der Waals surface area contributed by atoms with Crippen LogP contribution >= 0.6 is 0 Å². The zero-order valence-electron chi connectivity index (χ0n) is 11.0. The SMILES string of the molecule is COC1CC(NCc2ccc(O)c(F)c2)C1(C)C. The highest BCUT2D eigenvalue weighted by Gasteiger charge is 2.48. The Labute approximate surface area is 107 Å². The van der Waals surface area contributed by atoms with E-state index < -0.39 is 5.82 Å². The van der Waals surface area contributed by atoms with E-state index in [-0.39, 0.29) is 17.3 Å². The van der Waals surface area contributed by atoms with E-state index in [1.807, 2.05) is 0 Å². The molecular weight excluding hydrogens is 233 g/mol. The van der Waals surface area contributed by atoms with Gasteiger partial charge in [0.25, 0.3) is 0 Å². The molecule has 18 heavy (non-hydrogen) atoms. The van der Waals surface area contributed by atoms with Crippen LogP contribution in [0.3, 0.4) is 0 Å². The smallest absolute Gasteiger partial charge is 0.165 e. The molecule has 0 aromatic heterocycles. The van der Waals surface area contributed by atoms with Crippen LogP contribution in [0.15, 0.2) is 18.2 Å². The van der Waals surface area contributed by atoms with Crippen LogP contribution in [0, 0.1) is 11.2 Å². The molecule has 1 aromatic rings. The molecule has 0 spiro atoms. The molecule has 2 atom stereocenters. The van der Waals surface area contributed by atoms with Crippen molar-refractivity contribution in [3.8, 4) is 5.75 Å². The third-order valence-corrected chi connectivity index (χ3v) is 4.03. The number of methoxy groups -OCH3 is 1. The van der Waals surface area contributed by atoms with Gasteiger partial charge in [0.2, 0.25) is 0 Å². The second-order valence-electron chi connectivity index (χ2n) is 5.50. The molecule has 0 amide bonds. The molecule has 0 heterocycles. The molecule has 1 aromatic carbocycles. The molecule has 0 radical (unpaired) electrons. The van der Waals surface area contributed by atoms with Gasteiger partial charge in [-0.1, -0.05) is 19.9 Å². The Morgan fingerprint density at radius 3 is 2.78 bits per heavy atom. The van der Waals surface area contributed by atoms with Gasteiger partial charge in [0.1, 0.15) is 0 Å². The normalized spacial score (nSPS) is 25.8. The third kappa shape index (κ3) is 2.35. The summed E-state index contributed by atoms with van der Waals surface area (Å²) in [5.74, 6) is -0.876. The predicted octanol–water partition coefficient (Wildman–Crippen LogP) is 2.43. The number of benzene rings is 1. The first-order chi connectivity index (χ1) is 8.45. The molecule has 1 aliphatic carbocycles.